The van der Waals surface area contributed by atoms with Crippen molar-refractivity contribution in [3.8, 4) is 0 Å². The summed E-state index contributed by atoms with van der Waals surface area (Å²) in [5.41, 5.74) is -0.0306. The van der Waals surface area contributed by atoms with Crippen LogP contribution in [-0.2, 0) is 20.9 Å². The second kappa shape index (κ2) is 11.9. The van der Waals surface area contributed by atoms with E-state index in [4.69, 9.17) is 20.5 Å². The Hall–Kier alpha value is -3.59. The van der Waals surface area contributed by atoms with Gasteiger partial charge in [0.15, 0.2) is 5.82 Å². The highest BCUT2D eigenvalue weighted by Crippen LogP contribution is 2.31. The first-order chi connectivity index (χ1) is 17.1. The van der Waals surface area contributed by atoms with Crippen LogP contribution in [0, 0.1) is 6.92 Å². The number of amides is 3. The van der Waals surface area contributed by atoms with Crippen molar-refractivity contribution in [3.63, 3.8) is 0 Å². The molecule has 192 valence electrons. The van der Waals surface area contributed by atoms with Crippen LogP contribution >= 0.6 is 11.6 Å². The van der Waals surface area contributed by atoms with Crippen LogP contribution in [0.2, 0.25) is 5.02 Å². The highest BCUT2D eigenvalue weighted by Gasteiger charge is 2.35. The Morgan fingerprint density at radius 3 is 2.50 bits per heavy atom. The van der Waals surface area contributed by atoms with Crippen LogP contribution in [0.1, 0.15) is 63.2 Å². The van der Waals surface area contributed by atoms with Crippen LogP contribution in [0.15, 0.2) is 57.7 Å². The second-order valence-corrected chi connectivity index (χ2v) is 9.53. The molecule has 2 heterocycles. The Labute approximate surface area is 215 Å². The molecule has 3 rings (SSSR count). The van der Waals surface area contributed by atoms with Crippen LogP contribution in [-0.4, -0.2) is 33.3 Å². The van der Waals surface area contributed by atoms with E-state index < -0.39 is 23.4 Å². The number of benzene rings is 1. The number of anilines is 1. The summed E-state index contributed by atoms with van der Waals surface area (Å²) < 4.78 is 10.4. The Morgan fingerprint density at radius 2 is 1.89 bits per heavy atom. The quantitative estimate of drug-likeness (QED) is 0.371. The number of nitrogens with zero attached hydrogens (tertiary/aromatic N) is 2. The van der Waals surface area contributed by atoms with Crippen molar-refractivity contribution in [1.29, 1.82) is 0 Å². The fourth-order valence-electron chi connectivity index (χ4n) is 3.53. The second-order valence-electron chi connectivity index (χ2n) is 9.12. The minimum absolute atomic E-state index is 0.0196. The van der Waals surface area contributed by atoms with E-state index in [1.54, 1.807) is 49.4 Å². The molecular formula is C26H31ClN4O5. The number of rotatable bonds is 11. The van der Waals surface area contributed by atoms with Crippen LogP contribution < -0.4 is 10.6 Å². The zero-order valence-electron chi connectivity index (χ0n) is 20.8. The lowest BCUT2D eigenvalue weighted by atomic mass is 9.98. The van der Waals surface area contributed by atoms with E-state index in [9.17, 15) is 14.4 Å². The van der Waals surface area contributed by atoms with E-state index in [2.05, 4.69) is 15.8 Å². The molecule has 0 saturated carbocycles. The van der Waals surface area contributed by atoms with Crippen LogP contribution in [0.4, 0.5) is 5.82 Å². The average Bonchev–Trinajstić information content (AvgIpc) is 3.49. The Kier molecular flexibility index (Phi) is 8.93. The number of furan rings is 1. The summed E-state index contributed by atoms with van der Waals surface area (Å²) in [5.74, 6) is 0.123. The lowest BCUT2D eigenvalue weighted by Gasteiger charge is -2.34. The van der Waals surface area contributed by atoms with Crippen molar-refractivity contribution in [2.24, 2.45) is 0 Å². The molecule has 0 aliphatic rings. The van der Waals surface area contributed by atoms with Crippen molar-refractivity contribution < 1.29 is 23.3 Å². The van der Waals surface area contributed by atoms with E-state index in [-0.39, 0.29) is 31.1 Å². The highest BCUT2D eigenvalue weighted by atomic mass is 35.5. The van der Waals surface area contributed by atoms with Crippen molar-refractivity contribution in [1.82, 2.24) is 15.4 Å². The summed E-state index contributed by atoms with van der Waals surface area (Å²) >= 11 is 6.50. The van der Waals surface area contributed by atoms with Crippen molar-refractivity contribution in [3.05, 3.63) is 70.8 Å². The zero-order chi connectivity index (χ0) is 26.3. The molecule has 0 fully saturated rings. The Bertz CT molecular complexity index is 1190. The Morgan fingerprint density at radius 1 is 1.14 bits per heavy atom. The molecule has 0 aliphatic heterocycles. The molecule has 1 atom stereocenters. The van der Waals surface area contributed by atoms with E-state index in [0.717, 1.165) is 0 Å². The third kappa shape index (κ3) is 7.21. The first-order valence-corrected chi connectivity index (χ1v) is 12.1. The monoisotopic (exact) mass is 514 g/mol. The summed E-state index contributed by atoms with van der Waals surface area (Å²) in [7, 11) is 0. The third-order valence-electron chi connectivity index (χ3n) is 5.79. The SMILES string of the molecule is CCC(C)(C)NC(=O)[C@H](c1ccccc1Cl)N(Cc1ccco1)C(=O)CCC(=O)Nc1cc(C)on1. The van der Waals surface area contributed by atoms with Gasteiger partial charge >= 0.3 is 0 Å². The van der Waals surface area contributed by atoms with Gasteiger partial charge in [0.1, 0.15) is 17.6 Å². The normalized spacial score (nSPS) is 12.1. The summed E-state index contributed by atoms with van der Waals surface area (Å²) in [6.07, 6.45) is 1.92. The van der Waals surface area contributed by atoms with E-state index >= 15 is 0 Å². The number of aromatic nitrogens is 1. The number of hydrogen-bond acceptors (Lipinski definition) is 6. The molecule has 0 spiro atoms. The van der Waals surface area contributed by atoms with Crippen LogP contribution in [0.3, 0.4) is 0 Å². The first kappa shape index (κ1) is 27.0. The lowest BCUT2D eigenvalue weighted by Crippen LogP contribution is -2.50. The maximum Gasteiger partial charge on any atom is 0.247 e. The Balaban J connectivity index is 1.89. The van der Waals surface area contributed by atoms with Gasteiger partial charge in [0.05, 0.1) is 12.8 Å². The molecule has 36 heavy (non-hydrogen) atoms. The topological polar surface area (TPSA) is 118 Å². The minimum atomic E-state index is -1.04. The molecule has 0 saturated heterocycles. The number of carbonyl (C=O) groups excluding carboxylic acids is 3. The van der Waals surface area contributed by atoms with Gasteiger partial charge in [0, 0.05) is 35.0 Å². The first-order valence-electron chi connectivity index (χ1n) is 11.7. The molecule has 3 aromatic rings. The largest absolute Gasteiger partial charge is 0.467 e. The minimum Gasteiger partial charge on any atom is -0.467 e. The number of nitrogens with one attached hydrogen (secondary N) is 2. The smallest absolute Gasteiger partial charge is 0.247 e. The predicted octanol–water partition coefficient (Wildman–Crippen LogP) is 5.02. The molecule has 2 aromatic heterocycles. The average molecular weight is 515 g/mol. The summed E-state index contributed by atoms with van der Waals surface area (Å²) in [6, 6.07) is 10.9. The van der Waals surface area contributed by atoms with Gasteiger partial charge in [-0.1, -0.05) is 41.9 Å². The summed E-state index contributed by atoms with van der Waals surface area (Å²) in [6.45, 7) is 7.50. The number of hydrogen-bond donors (Lipinski definition) is 2. The standard InChI is InChI=1S/C26H31ClN4O5/c1-5-26(3,4)29-25(34)24(19-10-6-7-11-20(19)27)31(16-18-9-8-14-35-18)23(33)13-12-22(32)28-21-15-17(2)36-30-21/h6-11,14-15,24H,5,12-13,16H2,1-4H3,(H,29,34)(H,28,30,32)/t24-/m0/s1. The van der Waals surface area contributed by atoms with E-state index in [1.807, 2.05) is 20.8 Å². The van der Waals surface area contributed by atoms with Crippen molar-refractivity contribution >= 4 is 35.1 Å². The molecule has 10 heteroatoms. The highest BCUT2D eigenvalue weighted by molar-refractivity contribution is 6.31. The maximum atomic E-state index is 13.6. The third-order valence-corrected chi connectivity index (χ3v) is 6.14. The number of carbonyl (C=O) groups is 3. The molecular weight excluding hydrogens is 484 g/mol. The summed E-state index contributed by atoms with van der Waals surface area (Å²) in [5, 5.41) is 9.71. The van der Waals surface area contributed by atoms with E-state index in [1.165, 1.54) is 11.2 Å². The van der Waals surface area contributed by atoms with Crippen molar-refractivity contribution in [2.75, 3.05) is 5.32 Å². The molecule has 0 unspecified atom stereocenters. The lowest BCUT2D eigenvalue weighted by molar-refractivity contribution is -0.143. The van der Waals surface area contributed by atoms with Gasteiger partial charge in [-0.05, 0) is 45.4 Å². The molecule has 1 aromatic carbocycles. The fraction of sp³-hybridized carbons (Fsp3) is 0.385. The number of aryl methyl sites for hydroxylation is 1. The van der Waals surface area contributed by atoms with Gasteiger partial charge in [0.25, 0.3) is 0 Å². The van der Waals surface area contributed by atoms with Gasteiger partial charge < -0.3 is 24.5 Å². The molecule has 9 nitrogen and oxygen atoms in total. The van der Waals surface area contributed by atoms with Crippen LogP contribution in [0.25, 0.3) is 0 Å². The van der Waals surface area contributed by atoms with Gasteiger partial charge in [0.2, 0.25) is 17.7 Å². The summed E-state index contributed by atoms with van der Waals surface area (Å²) in [4.78, 5) is 41.0. The van der Waals surface area contributed by atoms with Crippen LogP contribution in [0.5, 0.6) is 0 Å². The predicted molar refractivity (Wildman–Crippen MR) is 135 cm³/mol. The molecule has 0 radical (unpaired) electrons. The fourth-order valence-corrected chi connectivity index (χ4v) is 3.77. The van der Waals surface area contributed by atoms with Gasteiger partial charge in [-0.25, -0.2) is 0 Å². The van der Waals surface area contributed by atoms with Gasteiger partial charge in [-0.15, -0.1) is 0 Å². The maximum absolute atomic E-state index is 13.6. The molecule has 0 aliphatic carbocycles. The van der Waals surface area contributed by atoms with Crippen molar-refractivity contribution in [2.45, 2.75) is 65.1 Å². The van der Waals surface area contributed by atoms with Gasteiger partial charge in [-0.3, -0.25) is 14.4 Å². The number of halogens is 1. The zero-order valence-corrected chi connectivity index (χ0v) is 21.6. The van der Waals surface area contributed by atoms with Gasteiger partial charge in [-0.2, -0.15) is 0 Å². The molecule has 0 bridgehead atoms. The molecule has 3 amide bonds. The van der Waals surface area contributed by atoms with E-state index in [0.29, 0.717) is 28.5 Å². The molecule has 2 N–H and O–H groups in total.